The molecule has 118 valence electrons. The number of rotatable bonds is 7. The van der Waals surface area contributed by atoms with E-state index in [9.17, 15) is 17.6 Å². The highest BCUT2D eigenvalue weighted by atomic mass is 32.2. The number of halogens is 1. The van der Waals surface area contributed by atoms with Crippen LogP contribution in [0.15, 0.2) is 23.1 Å². The van der Waals surface area contributed by atoms with Crippen LogP contribution in [0, 0.1) is 5.82 Å². The van der Waals surface area contributed by atoms with Gasteiger partial charge in [-0.15, -0.1) is 0 Å². The number of nitrogens with two attached hydrogens (primary N) is 1. The lowest BCUT2D eigenvalue weighted by Crippen LogP contribution is -2.35. The molecule has 0 aliphatic rings. The third-order valence-corrected chi connectivity index (χ3v) is 4.40. The fourth-order valence-corrected chi connectivity index (χ4v) is 2.59. The number of nitrogen functional groups attached to an aromatic ring is 1. The highest BCUT2D eigenvalue weighted by Gasteiger charge is 2.16. The first-order valence-corrected chi connectivity index (χ1v) is 8.08. The number of anilines is 1. The molecule has 1 aromatic carbocycles. The minimum atomic E-state index is -3.81. The van der Waals surface area contributed by atoms with Gasteiger partial charge >= 0.3 is 0 Å². The van der Waals surface area contributed by atoms with Gasteiger partial charge in [-0.05, 0) is 31.5 Å². The molecular formula is C13H20FN3O3S. The lowest BCUT2D eigenvalue weighted by molar-refractivity contribution is -0.121. The number of hydrogen-bond acceptors (Lipinski definition) is 4. The molecular weight excluding hydrogens is 297 g/mol. The summed E-state index contributed by atoms with van der Waals surface area (Å²) >= 11 is 0. The first-order chi connectivity index (χ1) is 9.76. The second-order valence-corrected chi connectivity index (χ2v) is 6.47. The molecule has 0 aliphatic heterocycles. The molecule has 1 atom stereocenters. The summed E-state index contributed by atoms with van der Waals surface area (Å²) in [6.07, 6.45) is 0.826. The third-order valence-electron chi connectivity index (χ3n) is 2.94. The molecule has 0 aromatic heterocycles. The van der Waals surface area contributed by atoms with Gasteiger partial charge in [0.25, 0.3) is 0 Å². The van der Waals surface area contributed by atoms with E-state index in [0.717, 1.165) is 24.6 Å². The molecule has 0 saturated heterocycles. The summed E-state index contributed by atoms with van der Waals surface area (Å²) in [5, 5.41) is 2.73. The van der Waals surface area contributed by atoms with Gasteiger partial charge in [0.1, 0.15) is 5.82 Å². The number of carbonyl (C=O) groups is 1. The van der Waals surface area contributed by atoms with Crippen molar-refractivity contribution in [3.05, 3.63) is 24.0 Å². The number of amides is 1. The number of nitrogens with one attached hydrogen (secondary N) is 2. The first-order valence-electron chi connectivity index (χ1n) is 6.60. The summed E-state index contributed by atoms with van der Waals surface area (Å²) in [4.78, 5) is 11.4. The zero-order valence-corrected chi connectivity index (χ0v) is 12.8. The number of hydrogen-bond donors (Lipinski definition) is 3. The van der Waals surface area contributed by atoms with Gasteiger partial charge in [-0.3, -0.25) is 4.79 Å². The van der Waals surface area contributed by atoms with Crippen molar-refractivity contribution in [2.24, 2.45) is 0 Å². The summed E-state index contributed by atoms with van der Waals surface area (Å²) < 4.78 is 39.2. The lowest BCUT2D eigenvalue weighted by atomic mass is 10.2. The normalized spacial score (nSPS) is 12.9. The van der Waals surface area contributed by atoms with Crippen molar-refractivity contribution in [3.63, 3.8) is 0 Å². The zero-order valence-electron chi connectivity index (χ0n) is 12.0. The maximum absolute atomic E-state index is 13.0. The molecule has 1 rings (SSSR count). The van der Waals surface area contributed by atoms with Crippen LogP contribution in [-0.4, -0.2) is 26.9 Å². The van der Waals surface area contributed by atoms with Crippen LogP contribution in [0.3, 0.4) is 0 Å². The summed E-state index contributed by atoms with van der Waals surface area (Å²) in [5.41, 5.74) is 5.09. The van der Waals surface area contributed by atoms with Crippen LogP contribution in [0.25, 0.3) is 0 Å². The Morgan fingerprint density at radius 3 is 2.67 bits per heavy atom. The van der Waals surface area contributed by atoms with Gasteiger partial charge in [0.05, 0.1) is 10.6 Å². The van der Waals surface area contributed by atoms with Crippen molar-refractivity contribution in [1.29, 1.82) is 0 Å². The van der Waals surface area contributed by atoms with Gasteiger partial charge in [0.2, 0.25) is 15.9 Å². The van der Waals surface area contributed by atoms with Gasteiger partial charge in [0.15, 0.2) is 0 Å². The Hall–Kier alpha value is -1.67. The minimum absolute atomic E-state index is 0.0280. The summed E-state index contributed by atoms with van der Waals surface area (Å²) in [7, 11) is -3.81. The van der Waals surface area contributed by atoms with E-state index in [4.69, 9.17) is 5.73 Å². The topological polar surface area (TPSA) is 101 Å². The van der Waals surface area contributed by atoms with Crippen LogP contribution < -0.4 is 15.8 Å². The molecule has 8 heteroatoms. The molecule has 4 N–H and O–H groups in total. The largest absolute Gasteiger partial charge is 0.396 e. The quantitative estimate of drug-likeness (QED) is 0.653. The molecule has 0 aliphatic carbocycles. The van der Waals surface area contributed by atoms with Crippen LogP contribution in [-0.2, 0) is 14.8 Å². The van der Waals surface area contributed by atoms with E-state index >= 15 is 0 Å². The first kappa shape index (κ1) is 17.4. The highest BCUT2D eigenvalue weighted by molar-refractivity contribution is 7.89. The van der Waals surface area contributed by atoms with E-state index in [2.05, 4.69) is 10.0 Å². The SMILES string of the molecule is CCC(C)NC(=O)CCNS(=O)(=O)c1ccc(F)c(N)c1. The fourth-order valence-electron chi connectivity index (χ4n) is 1.52. The Morgan fingerprint density at radius 2 is 2.10 bits per heavy atom. The van der Waals surface area contributed by atoms with Gasteiger partial charge in [-0.2, -0.15) is 0 Å². The average molecular weight is 317 g/mol. The number of carbonyl (C=O) groups excluding carboxylic acids is 1. The molecule has 1 amide bonds. The van der Waals surface area contributed by atoms with Crippen molar-refractivity contribution in [2.75, 3.05) is 12.3 Å². The molecule has 1 aromatic rings. The maximum Gasteiger partial charge on any atom is 0.240 e. The van der Waals surface area contributed by atoms with Gasteiger partial charge in [-0.1, -0.05) is 6.92 Å². The van der Waals surface area contributed by atoms with Crippen LogP contribution in [0.2, 0.25) is 0 Å². The van der Waals surface area contributed by atoms with Crippen LogP contribution in [0.4, 0.5) is 10.1 Å². The number of benzene rings is 1. The zero-order chi connectivity index (χ0) is 16.0. The molecule has 0 bridgehead atoms. The molecule has 6 nitrogen and oxygen atoms in total. The van der Waals surface area contributed by atoms with Crippen molar-refractivity contribution in [1.82, 2.24) is 10.0 Å². The molecule has 21 heavy (non-hydrogen) atoms. The van der Waals surface area contributed by atoms with E-state index in [1.807, 2.05) is 13.8 Å². The van der Waals surface area contributed by atoms with E-state index in [0.29, 0.717) is 0 Å². The predicted octanol–water partition coefficient (Wildman–Crippen LogP) is 0.991. The maximum atomic E-state index is 13.0. The van der Waals surface area contributed by atoms with Crippen LogP contribution in [0.1, 0.15) is 26.7 Å². The predicted molar refractivity (Wildman–Crippen MR) is 78.5 cm³/mol. The average Bonchev–Trinajstić information content (AvgIpc) is 2.41. The molecule has 0 fully saturated rings. The Labute approximate surface area is 124 Å². The smallest absolute Gasteiger partial charge is 0.240 e. The standard InChI is InChI=1S/C13H20FN3O3S/c1-3-9(2)17-13(18)6-7-16-21(19,20)10-4-5-11(14)12(15)8-10/h4-5,8-9,16H,3,6-7,15H2,1-2H3,(H,17,18). The van der Waals surface area contributed by atoms with E-state index < -0.39 is 15.8 Å². The van der Waals surface area contributed by atoms with Crippen molar-refractivity contribution in [3.8, 4) is 0 Å². The van der Waals surface area contributed by atoms with Crippen molar-refractivity contribution in [2.45, 2.75) is 37.6 Å². The summed E-state index contributed by atoms with van der Waals surface area (Å²) in [6, 6.07) is 3.19. The molecule has 0 saturated carbocycles. The third kappa shape index (κ3) is 5.31. The van der Waals surface area contributed by atoms with Gasteiger partial charge in [0, 0.05) is 19.0 Å². The van der Waals surface area contributed by atoms with E-state index in [-0.39, 0.29) is 35.5 Å². The molecule has 0 spiro atoms. The Morgan fingerprint density at radius 1 is 1.43 bits per heavy atom. The second-order valence-electron chi connectivity index (χ2n) is 4.71. The van der Waals surface area contributed by atoms with Crippen molar-refractivity contribution >= 4 is 21.6 Å². The number of sulfonamides is 1. The molecule has 1 unspecified atom stereocenters. The minimum Gasteiger partial charge on any atom is -0.396 e. The molecule has 0 radical (unpaired) electrons. The van der Waals surface area contributed by atoms with E-state index in [1.165, 1.54) is 0 Å². The Kier molecular flexibility index (Phi) is 6.10. The summed E-state index contributed by atoms with van der Waals surface area (Å²) in [5.74, 6) is -0.910. The van der Waals surface area contributed by atoms with E-state index in [1.54, 1.807) is 0 Å². The van der Waals surface area contributed by atoms with Crippen LogP contribution in [0.5, 0.6) is 0 Å². The Balaban J connectivity index is 2.57. The Bertz CT molecular complexity index is 605. The molecule has 0 heterocycles. The van der Waals surface area contributed by atoms with Crippen molar-refractivity contribution < 1.29 is 17.6 Å². The fraction of sp³-hybridized carbons (Fsp3) is 0.462. The van der Waals surface area contributed by atoms with Gasteiger partial charge in [-0.25, -0.2) is 17.5 Å². The summed E-state index contributed by atoms with van der Waals surface area (Å²) in [6.45, 7) is 3.76. The lowest BCUT2D eigenvalue weighted by Gasteiger charge is -2.12. The van der Waals surface area contributed by atoms with Gasteiger partial charge < -0.3 is 11.1 Å². The monoisotopic (exact) mass is 317 g/mol. The second kappa shape index (κ2) is 7.37. The highest BCUT2D eigenvalue weighted by Crippen LogP contribution is 2.16. The van der Waals surface area contributed by atoms with Crippen LogP contribution >= 0.6 is 0 Å².